The summed E-state index contributed by atoms with van der Waals surface area (Å²) in [5.41, 5.74) is 17.1. The Bertz CT molecular complexity index is 1680. The van der Waals surface area contributed by atoms with Gasteiger partial charge in [-0.05, 0) is 0 Å². The zero-order chi connectivity index (χ0) is 49.7. The largest absolute Gasteiger partial charge is 0.547 e. The summed E-state index contributed by atoms with van der Waals surface area (Å²) in [5, 5.41) is 105. The number of carboxylic acid groups (broad SMARTS) is 8. The normalized spacial score (nSPS) is 13.5. The number of H-pyrrole nitrogens is 4. The highest BCUT2D eigenvalue weighted by Gasteiger charge is 2.20. The van der Waals surface area contributed by atoms with Gasteiger partial charge in [0.05, 0.1) is 74.9 Å². The molecule has 4 aromatic heterocycles. The molecule has 8 atom stereocenters. The van der Waals surface area contributed by atoms with Crippen LogP contribution in [0, 0.1) is 0 Å². The van der Waals surface area contributed by atoms with Crippen LogP contribution < -0.4 is 43.4 Å². The lowest BCUT2D eigenvalue weighted by Crippen LogP contribution is -2.66. The van der Waals surface area contributed by atoms with Gasteiger partial charge >= 0.3 is 23.9 Å². The number of hydrogen-bond donors (Lipinski definition) is 16. The molecule has 0 aliphatic carbocycles. The van der Waals surface area contributed by atoms with Crippen molar-refractivity contribution in [2.75, 3.05) is 0 Å². The zero-order valence-corrected chi connectivity index (χ0v) is 33.7. The highest BCUT2D eigenvalue weighted by Crippen LogP contribution is 1.97. The molecular formula is C32H50N12O21. The van der Waals surface area contributed by atoms with Crippen LogP contribution in [0.1, 0.15) is 22.8 Å². The Morgan fingerprint density at radius 2 is 0.569 bits per heavy atom. The summed E-state index contributed by atoms with van der Waals surface area (Å²) >= 11 is 0. The van der Waals surface area contributed by atoms with Gasteiger partial charge in [0, 0.05) is 47.6 Å². The minimum absolute atomic E-state index is 0. The summed E-state index contributed by atoms with van der Waals surface area (Å²) in [4.78, 5) is 106. The molecule has 4 rings (SSSR count). The maximum Gasteiger partial charge on any atom is 0.362 e. The van der Waals surface area contributed by atoms with Crippen molar-refractivity contribution in [3.05, 3.63) is 72.9 Å². The number of carbonyl (C=O) groups excluding carboxylic acids is 4. The second-order valence-corrected chi connectivity index (χ2v) is 12.3. The van der Waals surface area contributed by atoms with Gasteiger partial charge in [0.1, 0.15) is 24.4 Å². The van der Waals surface area contributed by atoms with Crippen LogP contribution in [0.25, 0.3) is 0 Å². The molecular weight excluding hydrogens is 888 g/mol. The molecule has 65 heavy (non-hydrogen) atoms. The number of nitrogens with zero attached hydrogens (tertiary/aromatic N) is 4. The molecule has 0 radical (unpaired) electrons. The maximum atomic E-state index is 10.3. The first-order valence-corrected chi connectivity index (χ1v) is 17.4. The number of imidazole rings is 4. The standard InChI is InChI=1S/4C6H9N3O2.2C4H6O6.H2O/c4*7-5(6(10)11)1-4-2-8-3-9-4;2*5-1(3(7)8)2(6)4(9)10;/h4*2-3,5H,1,7H2,(H,8,9)(H,10,11);2*1-2,5-6H,(H,7,8)(H,9,10);1H2/t4*5-;2*1-,2-;/m000011./s1. The number of aliphatic hydroxyl groups excluding tert-OH is 4. The quantitative estimate of drug-likeness (QED) is 0.0440. The number of hydrogen-bond acceptors (Lipinski definition) is 20. The third-order valence-electron chi connectivity index (χ3n) is 7.05. The average Bonchev–Trinajstić information content (AvgIpc) is 4.08. The predicted octanol–water partition coefficient (Wildman–Crippen LogP) is -15.8. The van der Waals surface area contributed by atoms with Gasteiger partial charge in [-0.1, -0.05) is 0 Å². The molecule has 0 aliphatic heterocycles. The fourth-order valence-corrected chi connectivity index (χ4v) is 3.51. The van der Waals surface area contributed by atoms with E-state index in [1.807, 2.05) is 0 Å². The Labute approximate surface area is 362 Å². The van der Waals surface area contributed by atoms with Gasteiger partial charge in [-0.15, -0.1) is 0 Å². The number of carboxylic acids is 8. The third kappa shape index (κ3) is 28.5. The van der Waals surface area contributed by atoms with E-state index in [4.69, 9.17) is 40.9 Å². The van der Waals surface area contributed by atoms with Crippen molar-refractivity contribution in [3.8, 4) is 0 Å². The van der Waals surface area contributed by atoms with Crippen LogP contribution in [0.4, 0.5) is 0 Å². The minimum Gasteiger partial charge on any atom is -0.547 e. The minimum atomic E-state index is -2.44. The Balaban J connectivity index is -0.000000708. The van der Waals surface area contributed by atoms with Gasteiger partial charge < -0.3 is 129 Å². The van der Waals surface area contributed by atoms with E-state index in [-0.39, 0.29) is 5.48 Å². The Hall–Kier alpha value is -7.76. The van der Waals surface area contributed by atoms with Crippen LogP contribution in [0.2, 0.25) is 0 Å². The SMILES string of the molecule is O.O=C([O-])[C@H](O)[C@@H](O)C(=O)[O-].O=C([O-])[C@H](O)[C@@H](O)C(=O)[O-].[NH3+][C@@H](Cc1cnc[nH]1)C(=O)O.[NH3+][C@@H](Cc1cnc[nH]1)C(=O)O.[NH3+][C@@H](Cc1cnc[nH]1)C(=O)O.[NH3+][C@@H](Cc1cnc[nH]1)C(=O)O. The number of aromatic amines is 4. The fourth-order valence-electron chi connectivity index (χ4n) is 3.51. The number of rotatable bonds is 18. The van der Waals surface area contributed by atoms with Gasteiger partial charge in [-0.3, -0.25) is 0 Å². The molecule has 0 saturated heterocycles. The number of quaternary nitrogens is 4. The van der Waals surface area contributed by atoms with Crippen LogP contribution in [0.3, 0.4) is 0 Å². The first-order valence-electron chi connectivity index (χ1n) is 17.4. The molecule has 0 saturated carbocycles. The molecule has 364 valence electrons. The van der Waals surface area contributed by atoms with E-state index < -0.39 is 96.3 Å². The van der Waals surface area contributed by atoms with Crippen molar-refractivity contribution < 1.29 is 128 Å². The molecule has 4 aromatic rings. The lowest BCUT2D eigenvalue weighted by atomic mass is 10.2. The van der Waals surface area contributed by atoms with E-state index >= 15 is 0 Å². The molecule has 33 nitrogen and oxygen atoms in total. The van der Waals surface area contributed by atoms with Crippen LogP contribution >= 0.6 is 0 Å². The lowest BCUT2D eigenvalue weighted by molar-refractivity contribution is -0.407. The highest BCUT2D eigenvalue weighted by molar-refractivity contribution is 5.81. The molecule has 0 spiro atoms. The average molecular weight is 939 g/mol. The summed E-state index contributed by atoms with van der Waals surface area (Å²) in [6.07, 6.45) is 4.30. The molecule has 0 fully saturated rings. The van der Waals surface area contributed by atoms with Gasteiger partial charge in [0.2, 0.25) is 0 Å². The monoisotopic (exact) mass is 938 g/mol. The smallest absolute Gasteiger partial charge is 0.362 e. The van der Waals surface area contributed by atoms with Gasteiger partial charge in [-0.2, -0.15) is 0 Å². The first-order chi connectivity index (χ1) is 29.7. The second-order valence-electron chi connectivity index (χ2n) is 12.3. The van der Waals surface area contributed by atoms with Crippen LogP contribution in [0.15, 0.2) is 50.1 Å². The van der Waals surface area contributed by atoms with Gasteiger partial charge in [0.25, 0.3) is 0 Å². The summed E-state index contributed by atoms with van der Waals surface area (Å²) in [6, 6.07) is -2.41. The molecule has 0 amide bonds. The molecule has 0 bridgehead atoms. The van der Waals surface area contributed by atoms with Crippen molar-refractivity contribution in [2.45, 2.75) is 74.3 Å². The molecule has 33 heteroatoms. The number of carbonyl (C=O) groups is 8. The number of nitrogens with one attached hydrogen (secondary N) is 4. The van der Waals surface area contributed by atoms with E-state index in [2.05, 4.69) is 62.8 Å². The van der Waals surface area contributed by atoms with Crippen LogP contribution in [-0.2, 0) is 64.0 Å². The lowest BCUT2D eigenvalue weighted by Gasteiger charge is -2.18. The van der Waals surface area contributed by atoms with Crippen LogP contribution in [0.5, 0.6) is 0 Å². The van der Waals surface area contributed by atoms with Crippen molar-refractivity contribution in [1.29, 1.82) is 0 Å². The third-order valence-corrected chi connectivity index (χ3v) is 7.05. The summed E-state index contributed by atoms with van der Waals surface area (Å²) in [7, 11) is 0. The second kappa shape index (κ2) is 32.9. The predicted molar refractivity (Wildman–Crippen MR) is 194 cm³/mol. The molecule has 4 heterocycles. The topological polar surface area (TPSA) is 647 Å². The van der Waals surface area contributed by atoms with E-state index in [1.165, 1.54) is 25.3 Å². The van der Waals surface area contributed by atoms with Crippen molar-refractivity contribution in [2.24, 2.45) is 0 Å². The number of aliphatic hydroxyl groups is 4. The van der Waals surface area contributed by atoms with Gasteiger partial charge in [0.15, 0.2) is 24.2 Å². The fraction of sp³-hybridized carbons (Fsp3) is 0.375. The molecule has 0 aliphatic rings. The first kappa shape index (κ1) is 61.5. The van der Waals surface area contributed by atoms with Crippen molar-refractivity contribution in [1.82, 2.24) is 39.9 Å². The maximum absolute atomic E-state index is 10.3. The van der Waals surface area contributed by atoms with Gasteiger partial charge in [-0.25, -0.2) is 39.1 Å². The molecule has 0 aromatic carbocycles. The zero-order valence-electron chi connectivity index (χ0n) is 33.7. The summed E-state index contributed by atoms with van der Waals surface area (Å²) in [5.74, 6) is -11.8. The van der Waals surface area contributed by atoms with E-state index in [0.717, 1.165) is 22.8 Å². The van der Waals surface area contributed by atoms with Crippen molar-refractivity contribution >= 4 is 47.8 Å². The number of aromatic nitrogens is 8. The van der Waals surface area contributed by atoms with Crippen LogP contribution in [-0.4, -0.2) is 183 Å². The Kier molecular flexibility index (Phi) is 31.1. The summed E-state index contributed by atoms with van der Waals surface area (Å²) < 4.78 is 0. The molecule has 0 unspecified atom stereocenters. The number of aliphatic carboxylic acids is 8. The van der Waals surface area contributed by atoms with E-state index in [0.29, 0.717) is 25.7 Å². The van der Waals surface area contributed by atoms with E-state index in [9.17, 15) is 58.8 Å². The Morgan fingerprint density at radius 3 is 0.662 bits per heavy atom. The van der Waals surface area contributed by atoms with E-state index in [1.54, 1.807) is 24.8 Å². The summed E-state index contributed by atoms with van der Waals surface area (Å²) in [6.45, 7) is 0. The molecule has 26 N–H and O–H groups in total. The Morgan fingerprint density at radius 1 is 0.415 bits per heavy atom. The highest BCUT2D eigenvalue weighted by atomic mass is 16.4. The van der Waals surface area contributed by atoms with Crippen molar-refractivity contribution in [3.63, 3.8) is 0 Å².